The van der Waals surface area contributed by atoms with Gasteiger partial charge < -0.3 is 4.90 Å². The highest BCUT2D eigenvalue weighted by Gasteiger charge is 2.40. The molecule has 0 bridgehead atoms. The number of nitrogens with zero attached hydrogens (tertiary/aromatic N) is 1. The van der Waals surface area contributed by atoms with Gasteiger partial charge in [0.15, 0.2) is 9.84 Å². The Labute approximate surface area is 140 Å². The van der Waals surface area contributed by atoms with E-state index in [0.29, 0.717) is 5.56 Å². The van der Waals surface area contributed by atoms with Crippen LogP contribution in [0.3, 0.4) is 0 Å². The van der Waals surface area contributed by atoms with Crippen LogP contribution >= 0.6 is 0 Å². The number of hydrogen-bond acceptors (Lipinski definition) is 3. The molecule has 4 nitrogen and oxygen atoms in total. The van der Waals surface area contributed by atoms with E-state index in [4.69, 9.17) is 0 Å². The van der Waals surface area contributed by atoms with Gasteiger partial charge in [-0.15, -0.1) is 0 Å². The van der Waals surface area contributed by atoms with E-state index in [1.54, 1.807) is 12.1 Å². The summed E-state index contributed by atoms with van der Waals surface area (Å²) in [6.07, 6.45) is 0. The minimum atomic E-state index is -3.54. The van der Waals surface area contributed by atoms with Gasteiger partial charge in [-0.3, -0.25) is 4.79 Å². The van der Waals surface area contributed by atoms with Crippen molar-refractivity contribution in [1.29, 1.82) is 0 Å². The number of aryl methyl sites for hydroxylation is 2. The quantitative estimate of drug-likeness (QED) is 0.802. The second-order valence-electron chi connectivity index (χ2n) is 6.21. The molecule has 0 saturated carbocycles. The highest BCUT2D eigenvalue weighted by molar-refractivity contribution is 7.92. The summed E-state index contributed by atoms with van der Waals surface area (Å²) in [5.74, 6) is -0.637. The monoisotopic (exact) mass is 347 g/mol. The number of rotatable bonds is 3. The number of carbonyl (C=O) groups excluding carboxylic acids is 1. The third-order valence-electron chi connectivity index (χ3n) is 4.18. The number of carbonyl (C=O) groups is 1. The van der Waals surface area contributed by atoms with Gasteiger partial charge in [-0.25, -0.2) is 12.8 Å². The lowest BCUT2D eigenvalue weighted by molar-refractivity contribution is 0.0658. The number of benzene rings is 2. The lowest BCUT2D eigenvalue weighted by atomic mass is 10.0. The summed E-state index contributed by atoms with van der Waals surface area (Å²) in [7, 11) is -3.54. The van der Waals surface area contributed by atoms with Gasteiger partial charge in [0.25, 0.3) is 5.91 Å². The summed E-state index contributed by atoms with van der Waals surface area (Å²) in [6, 6.07) is 10.4. The summed E-state index contributed by atoms with van der Waals surface area (Å²) >= 11 is 0. The molecular weight excluding hydrogens is 329 g/mol. The van der Waals surface area contributed by atoms with Gasteiger partial charge in [-0.2, -0.15) is 0 Å². The molecule has 1 amide bonds. The molecule has 1 aliphatic rings. The molecule has 24 heavy (non-hydrogen) atoms. The maximum atomic E-state index is 12.9. The molecule has 0 N–H and O–H groups in total. The fourth-order valence-corrected chi connectivity index (χ4v) is 4.55. The standard InChI is InChI=1S/C18H18FNO3S/c1-12-7-13(2)9-14(8-12)18(21)20-10-17(11-20)24(22,23)16-5-3-15(19)4-6-16/h3-9,17H,10-11H2,1-2H3. The first-order chi connectivity index (χ1) is 11.3. The van der Waals surface area contributed by atoms with Crippen molar-refractivity contribution in [2.75, 3.05) is 13.1 Å². The van der Waals surface area contributed by atoms with Crippen molar-refractivity contribution in [3.63, 3.8) is 0 Å². The van der Waals surface area contributed by atoms with Crippen LogP contribution in [0.25, 0.3) is 0 Å². The Hall–Kier alpha value is -2.21. The molecule has 1 aliphatic heterocycles. The van der Waals surface area contributed by atoms with Gasteiger partial charge in [0, 0.05) is 18.7 Å². The summed E-state index contributed by atoms with van der Waals surface area (Å²) in [4.78, 5) is 14.1. The SMILES string of the molecule is Cc1cc(C)cc(C(=O)N2CC(S(=O)(=O)c3ccc(F)cc3)C2)c1. The topological polar surface area (TPSA) is 54.5 Å². The molecule has 1 heterocycles. The Morgan fingerprint density at radius 1 is 1.04 bits per heavy atom. The lowest BCUT2D eigenvalue weighted by Gasteiger charge is -2.38. The van der Waals surface area contributed by atoms with Gasteiger partial charge in [-0.1, -0.05) is 17.2 Å². The zero-order valence-electron chi connectivity index (χ0n) is 13.5. The minimum Gasteiger partial charge on any atom is -0.336 e. The summed E-state index contributed by atoms with van der Waals surface area (Å²) in [5.41, 5.74) is 2.56. The van der Waals surface area contributed by atoms with E-state index >= 15 is 0 Å². The van der Waals surface area contributed by atoms with Crippen molar-refractivity contribution in [2.24, 2.45) is 0 Å². The van der Waals surface area contributed by atoms with Crippen LogP contribution in [0.1, 0.15) is 21.5 Å². The smallest absolute Gasteiger partial charge is 0.253 e. The molecule has 6 heteroatoms. The number of likely N-dealkylation sites (tertiary alicyclic amines) is 1. The van der Waals surface area contributed by atoms with E-state index in [0.717, 1.165) is 23.3 Å². The lowest BCUT2D eigenvalue weighted by Crippen LogP contribution is -2.56. The van der Waals surface area contributed by atoms with Crippen LogP contribution in [0.15, 0.2) is 47.4 Å². The number of halogens is 1. The van der Waals surface area contributed by atoms with Crippen molar-refractivity contribution in [1.82, 2.24) is 4.90 Å². The molecule has 126 valence electrons. The van der Waals surface area contributed by atoms with E-state index in [1.165, 1.54) is 17.0 Å². The van der Waals surface area contributed by atoms with E-state index in [2.05, 4.69) is 0 Å². The van der Waals surface area contributed by atoms with E-state index in [-0.39, 0.29) is 23.9 Å². The second-order valence-corrected chi connectivity index (χ2v) is 8.44. The second kappa shape index (κ2) is 6.02. The van der Waals surface area contributed by atoms with Crippen LogP contribution in [0, 0.1) is 19.7 Å². The Morgan fingerprint density at radius 2 is 1.58 bits per heavy atom. The predicted octanol–water partition coefficient (Wildman–Crippen LogP) is 2.74. The molecular formula is C18H18FNO3S. The van der Waals surface area contributed by atoms with Gasteiger partial charge in [0.2, 0.25) is 0 Å². The fraction of sp³-hybridized carbons (Fsp3) is 0.278. The molecule has 3 rings (SSSR count). The minimum absolute atomic E-state index is 0.0902. The Bertz CT molecular complexity index is 865. The largest absolute Gasteiger partial charge is 0.336 e. The van der Waals surface area contributed by atoms with Crippen molar-refractivity contribution >= 4 is 15.7 Å². The van der Waals surface area contributed by atoms with Crippen LogP contribution in [0.2, 0.25) is 0 Å². The van der Waals surface area contributed by atoms with Crippen LogP contribution < -0.4 is 0 Å². The molecule has 1 fully saturated rings. The average Bonchev–Trinajstić information content (AvgIpc) is 2.44. The maximum Gasteiger partial charge on any atom is 0.253 e. The molecule has 2 aromatic rings. The number of amides is 1. The molecule has 0 atom stereocenters. The molecule has 0 radical (unpaired) electrons. The molecule has 0 aromatic heterocycles. The molecule has 0 unspecified atom stereocenters. The summed E-state index contributed by atoms with van der Waals surface area (Å²) in [5, 5.41) is -0.641. The van der Waals surface area contributed by atoms with Gasteiger partial charge in [0.05, 0.1) is 4.90 Å². The normalized spacial score (nSPS) is 15.2. The van der Waals surface area contributed by atoms with Crippen LogP contribution in [-0.2, 0) is 9.84 Å². The number of sulfone groups is 1. The first kappa shape index (κ1) is 16.6. The van der Waals surface area contributed by atoms with Gasteiger partial charge in [0.1, 0.15) is 11.1 Å². The van der Waals surface area contributed by atoms with Crippen molar-refractivity contribution in [3.05, 3.63) is 65.0 Å². The third kappa shape index (κ3) is 3.06. The van der Waals surface area contributed by atoms with Gasteiger partial charge >= 0.3 is 0 Å². The van der Waals surface area contributed by atoms with Crippen LogP contribution in [-0.4, -0.2) is 37.6 Å². The van der Waals surface area contributed by atoms with Crippen molar-refractivity contribution < 1.29 is 17.6 Å². The van der Waals surface area contributed by atoms with Crippen molar-refractivity contribution in [2.45, 2.75) is 24.0 Å². The first-order valence-corrected chi connectivity index (χ1v) is 9.19. The zero-order chi connectivity index (χ0) is 17.5. The molecule has 0 spiro atoms. The zero-order valence-corrected chi connectivity index (χ0v) is 14.3. The molecule has 0 aliphatic carbocycles. The van der Waals surface area contributed by atoms with E-state index in [9.17, 15) is 17.6 Å². The van der Waals surface area contributed by atoms with Crippen LogP contribution in [0.5, 0.6) is 0 Å². The molecule has 1 saturated heterocycles. The number of hydrogen-bond donors (Lipinski definition) is 0. The first-order valence-electron chi connectivity index (χ1n) is 7.64. The predicted molar refractivity (Wildman–Crippen MR) is 89.2 cm³/mol. The Morgan fingerprint density at radius 3 is 2.12 bits per heavy atom. The molecule has 2 aromatic carbocycles. The summed E-state index contributed by atoms with van der Waals surface area (Å²) < 4.78 is 37.9. The Balaban J connectivity index is 1.72. The highest BCUT2D eigenvalue weighted by atomic mass is 32.2. The maximum absolute atomic E-state index is 12.9. The third-order valence-corrected chi connectivity index (χ3v) is 6.29. The highest BCUT2D eigenvalue weighted by Crippen LogP contribution is 2.25. The average molecular weight is 347 g/mol. The van der Waals surface area contributed by atoms with E-state index in [1.807, 2.05) is 19.9 Å². The fourth-order valence-electron chi connectivity index (χ4n) is 2.90. The van der Waals surface area contributed by atoms with Crippen LogP contribution in [0.4, 0.5) is 4.39 Å². The van der Waals surface area contributed by atoms with Gasteiger partial charge in [-0.05, 0) is 50.2 Å². The Kier molecular flexibility index (Phi) is 4.17. The van der Waals surface area contributed by atoms with Crippen molar-refractivity contribution in [3.8, 4) is 0 Å². The van der Waals surface area contributed by atoms with E-state index < -0.39 is 20.9 Å². The summed E-state index contributed by atoms with van der Waals surface area (Å²) in [6.45, 7) is 4.15.